The maximum absolute atomic E-state index is 10.3. The number of carbonyl (C=O) groups excluding carboxylic acids is 1. The first kappa shape index (κ1) is 9.32. The summed E-state index contributed by atoms with van der Waals surface area (Å²) in [5.41, 5.74) is 0. The monoisotopic (exact) mass is 163 g/mol. The van der Waals surface area contributed by atoms with Crippen molar-refractivity contribution >= 4 is 17.0 Å². The Labute approximate surface area is 61.2 Å². The van der Waals surface area contributed by atoms with Gasteiger partial charge in [-0.25, -0.2) is 4.79 Å². The van der Waals surface area contributed by atoms with E-state index < -0.39 is 17.0 Å². The van der Waals surface area contributed by atoms with Gasteiger partial charge in [-0.2, -0.15) is 0 Å². The molecule has 0 rings (SSSR count). The zero-order valence-electron chi connectivity index (χ0n) is 5.24. The van der Waals surface area contributed by atoms with Crippen molar-refractivity contribution < 1.29 is 18.3 Å². The average molecular weight is 163 g/mol. The second-order valence-corrected chi connectivity index (χ2v) is 2.40. The zero-order valence-corrected chi connectivity index (χ0v) is 6.06. The number of carbonyl (C=O) groups is 1. The molecular formula is C5H7O4S-. The normalized spacial score (nSPS) is 12.1. The van der Waals surface area contributed by atoms with Crippen molar-refractivity contribution in [1.82, 2.24) is 0 Å². The Hall–Kier alpha value is -0.680. The van der Waals surface area contributed by atoms with Crippen molar-refractivity contribution in [2.75, 3.05) is 12.4 Å². The van der Waals surface area contributed by atoms with Gasteiger partial charge in [-0.05, 0) is 0 Å². The maximum atomic E-state index is 10.3. The van der Waals surface area contributed by atoms with Gasteiger partial charge < -0.3 is 9.29 Å². The van der Waals surface area contributed by atoms with Crippen LogP contribution in [0.25, 0.3) is 0 Å². The molecule has 0 radical (unpaired) electrons. The van der Waals surface area contributed by atoms with Crippen LogP contribution in [0, 0.1) is 0 Å². The molecule has 0 aromatic rings. The molecule has 58 valence electrons. The van der Waals surface area contributed by atoms with Gasteiger partial charge in [-0.1, -0.05) is 17.7 Å². The van der Waals surface area contributed by atoms with Crippen molar-refractivity contribution in [3.63, 3.8) is 0 Å². The molecule has 0 aromatic heterocycles. The molecule has 0 spiro atoms. The van der Waals surface area contributed by atoms with E-state index >= 15 is 0 Å². The topological polar surface area (TPSA) is 66.4 Å². The third-order valence-electron chi connectivity index (χ3n) is 0.661. The van der Waals surface area contributed by atoms with Crippen molar-refractivity contribution in [1.29, 1.82) is 0 Å². The van der Waals surface area contributed by atoms with Crippen molar-refractivity contribution in [3.8, 4) is 0 Å². The van der Waals surface area contributed by atoms with E-state index in [2.05, 4.69) is 11.3 Å². The van der Waals surface area contributed by atoms with Gasteiger partial charge in [0.2, 0.25) is 0 Å². The smallest absolute Gasteiger partial charge is 0.330 e. The molecule has 0 amide bonds. The van der Waals surface area contributed by atoms with Gasteiger partial charge in [-0.3, -0.25) is 4.21 Å². The first-order valence-corrected chi connectivity index (χ1v) is 3.76. The van der Waals surface area contributed by atoms with Crippen LogP contribution in [-0.2, 0) is 20.6 Å². The second kappa shape index (κ2) is 5.13. The van der Waals surface area contributed by atoms with Crippen molar-refractivity contribution in [2.24, 2.45) is 0 Å². The summed E-state index contributed by atoms with van der Waals surface area (Å²) in [6, 6.07) is 0. The lowest BCUT2D eigenvalue weighted by molar-refractivity contribution is -0.137. The Morgan fingerprint density at radius 1 is 1.80 bits per heavy atom. The fraction of sp³-hybridized carbons (Fsp3) is 0.400. The Morgan fingerprint density at radius 3 is 2.80 bits per heavy atom. The highest BCUT2D eigenvalue weighted by Gasteiger charge is 1.92. The molecule has 0 aliphatic rings. The van der Waals surface area contributed by atoms with Gasteiger partial charge in [0.25, 0.3) is 0 Å². The Bertz CT molecular complexity index is 154. The molecule has 0 aliphatic carbocycles. The van der Waals surface area contributed by atoms with Crippen molar-refractivity contribution in [3.05, 3.63) is 12.7 Å². The van der Waals surface area contributed by atoms with Gasteiger partial charge in [0.15, 0.2) is 0 Å². The lowest BCUT2D eigenvalue weighted by atomic mass is 10.6. The van der Waals surface area contributed by atoms with E-state index in [0.717, 1.165) is 6.08 Å². The van der Waals surface area contributed by atoms with Crippen LogP contribution in [-0.4, -0.2) is 27.1 Å². The Kier molecular flexibility index (Phi) is 4.78. The minimum absolute atomic E-state index is 0.110. The first-order chi connectivity index (χ1) is 4.66. The predicted octanol–water partition coefficient (Wildman–Crippen LogP) is -0.405. The molecule has 5 heteroatoms. The van der Waals surface area contributed by atoms with Gasteiger partial charge >= 0.3 is 5.97 Å². The molecule has 10 heavy (non-hydrogen) atoms. The number of esters is 1. The van der Waals surface area contributed by atoms with Gasteiger partial charge in [0, 0.05) is 11.8 Å². The second-order valence-electron chi connectivity index (χ2n) is 1.38. The molecule has 0 saturated carbocycles. The van der Waals surface area contributed by atoms with Crippen LogP contribution in [0.1, 0.15) is 0 Å². The van der Waals surface area contributed by atoms with E-state index in [-0.39, 0.29) is 12.4 Å². The van der Waals surface area contributed by atoms with Crippen LogP contribution in [0.4, 0.5) is 0 Å². The molecular weight excluding hydrogens is 156 g/mol. The summed E-state index contributed by atoms with van der Waals surface area (Å²) in [7, 11) is 0. The molecule has 1 unspecified atom stereocenters. The third-order valence-corrected chi connectivity index (χ3v) is 1.16. The summed E-state index contributed by atoms with van der Waals surface area (Å²) in [4.78, 5) is 10.3. The zero-order chi connectivity index (χ0) is 7.98. The molecule has 0 fully saturated rings. The number of ether oxygens (including phenoxy) is 1. The van der Waals surface area contributed by atoms with Gasteiger partial charge in [-0.15, -0.1) is 0 Å². The van der Waals surface area contributed by atoms with Crippen LogP contribution in [0.2, 0.25) is 0 Å². The molecule has 0 heterocycles. The summed E-state index contributed by atoms with van der Waals surface area (Å²) in [6.45, 7) is 3.02. The maximum Gasteiger partial charge on any atom is 0.330 e. The Morgan fingerprint density at radius 2 is 2.40 bits per heavy atom. The molecule has 0 aromatic carbocycles. The fourth-order valence-corrected chi connectivity index (χ4v) is 0.489. The summed E-state index contributed by atoms with van der Waals surface area (Å²) >= 11 is -2.15. The molecule has 0 N–H and O–H groups in total. The molecule has 0 aliphatic heterocycles. The number of hydrogen-bond donors (Lipinski definition) is 0. The average Bonchev–Trinajstić information content (AvgIpc) is 1.87. The minimum Gasteiger partial charge on any atom is -0.772 e. The van der Waals surface area contributed by atoms with Gasteiger partial charge in [0.1, 0.15) is 6.61 Å². The van der Waals surface area contributed by atoms with E-state index in [9.17, 15) is 13.6 Å². The van der Waals surface area contributed by atoms with Crippen LogP contribution in [0.15, 0.2) is 12.7 Å². The van der Waals surface area contributed by atoms with E-state index in [1.165, 1.54) is 0 Å². The van der Waals surface area contributed by atoms with Gasteiger partial charge in [0.05, 0.1) is 0 Å². The Balaban J connectivity index is 3.28. The van der Waals surface area contributed by atoms with E-state index in [4.69, 9.17) is 0 Å². The SMILES string of the molecule is C=CC(=O)OCCS(=O)[O-]. The van der Waals surface area contributed by atoms with Crippen LogP contribution >= 0.6 is 0 Å². The molecule has 1 atom stereocenters. The molecule has 0 saturated heterocycles. The molecule has 4 nitrogen and oxygen atoms in total. The predicted molar refractivity (Wildman–Crippen MR) is 34.9 cm³/mol. The molecule has 0 bridgehead atoms. The lowest BCUT2D eigenvalue weighted by Gasteiger charge is -2.03. The summed E-state index contributed by atoms with van der Waals surface area (Å²) in [6.07, 6.45) is 0.980. The summed E-state index contributed by atoms with van der Waals surface area (Å²) < 4.78 is 24.1. The van der Waals surface area contributed by atoms with E-state index in [1.807, 2.05) is 0 Å². The highest BCUT2D eigenvalue weighted by Crippen LogP contribution is 1.80. The van der Waals surface area contributed by atoms with Crippen molar-refractivity contribution in [2.45, 2.75) is 0 Å². The summed E-state index contributed by atoms with van der Waals surface area (Å²) in [5.74, 6) is -0.773. The number of rotatable bonds is 4. The highest BCUT2D eigenvalue weighted by atomic mass is 32.2. The lowest BCUT2D eigenvalue weighted by Crippen LogP contribution is -2.08. The van der Waals surface area contributed by atoms with E-state index in [1.54, 1.807) is 0 Å². The largest absolute Gasteiger partial charge is 0.772 e. The van der Waals surface area contributed by atoms with E-state index in [0.29, 0.717) is 0 Å². The van der Waals surface area contributed by atoms with Crippen LogP contribution in [0.5, 0.6) is 0 Å². The number of hydrogen-bond acceptors (Lipinski definition) is 4. The highest BCUT2D eigenvalue weighted by molar-refractivity contribution is 7.79. The minimum atomic E-state index is -2.15. The first-order valence-electron chi connectivity index (χ1n) is 2.52. The van der Waals surface area contributed by atoms with Crippen LogP contribution < -0.4 is 0 Å². The third kappa shape index (κ3) is 5.46. The summed E-state index contributed by atoms with van der Waals surface area (Å²) in [5, 5.41) is 0. The fourth-order valence-electron chi connectivity index (χ4n) is 0.269. The quantitative estimate of drug-likeness (QED) is 0.321. The van der Waals surface area contributed by atoms with Crippen LogP contribution in [0.3, 0.4) is 0 Å². The standard InChI is InChI=1S/C5H8O4S/c1-2-5(6)9-3-4-10(7)8/h2H,1,3-4H2,(H,7,8)/p-1.